The Hall–Kier alpha value is -1.79. The van der Waals surface area contributed by atoms with Gasteiger partial charge in [0.1, 0.15) is 11.6 Å². The standard InChI is InChI=1S/C13H15F3N4/c14-13(15,16)8-3-1-2-7(6-8)11-18-9-4-5-10(17)19-12(9)20-11/h4-5,7-8H,1-3,6H2,(H3,17,18,19,20). The highest BCUT2D eigenvalue weighted by Crippen LogP contribution is 2.43. The lowest BCUT2D eigenvalue weighted by Crippen LogP contribution is -2.28. The summed E-state index contributed by atoms with van der Waals surface area (Å²) in [6.07, 6.45) is -2.51. The monoisotopic (exact) mass is 284 g/mol. The summed E-state index contributed by atoms with van der Waals surface area (Å²) in [6.45, 7) is 0. The number of nitrogens with two attached hydrogens (primary N) is 1. The van der Waals surface area contributed by atoms with E-state index < -0.39 is 12.1 Å². The lowest BCUT2D eigenvalue weighted by molar-refractivity contribution is -0.183. The average Bonchev–Trinajstić information content (AvgIpc) is 2.81. The molecule has 2 atom stereocenters. The molecule has 1 aliphatic rings. The molecule has 0 saturated heterocycles. The van der Waals surface area contributed by atoms with Crippen molar-refractivity contribution in [2.45, 2.75) is 37.8 Å². The van der Waals surface area contributed by atoms with Gasteiger partial charge in [-0.3, -0.25) is 0 Å². The smallest absolute Gasteiger partial charge is 0.384 e. The van der Waals surface area contributed by atoms with E-state index in [1.165, 1.54) is 0 Å². The number of imidazole rings is 1. The highest BCUT2D eigenvalue weighted by molar-refractivity contribution is 5.72. The Labute approximate surface area is 113 Å². The first-order valence-corrected chi connectivity index (χ1v) is 6.62. The Morgan fingerprint density at radius 2 is 2.00 bits per heavy atom. The fraction of sp³-hybridized carbons (Fsp3) is 0.538. The zero-order valence-electron chi connectivity index (χ0n) is 10.7. The molecule has 1 aliphatic carbocycles. The van der Waals surface area contributed by atoms with E-state index in [1.807, 2.05) is 0 Å². The molecule has 20 heavy (non-hydrogen) atoms. The van der Waals surface area contributed by atoms with Gasteiger partial charge in [0.05, 0.1) is 11.4 Å². The quantitative estimate of drug-likeness (QED) is 0.843. The van der Waals surface area contributed by atoms with Crippen LogP contribution < -0.4 is 5.73 Å². The molecule has 0 bridgehead atoms. The van der Waals surface area contributed by atoms with Crippen molar-refractivity contribution in [3.05, 3.63) is 18.0 Å². The maximum Gasteiger partial charge on any atom is 0.391 e. The maximum atomic E-state index is 12.8. The Bertz CT molecular complexity index is 620. The van der Waals surface area contributed by atoms with E-state index in [4.69, 9.17) is 5.73 Å². The molecule has 3 rings (SSSR count). The van der Waals surface area contributed by atoms with Gasteiger partial charge in [-0.25, -0.2) is 9.97 Å². The number of alkyl halides is 3. The first-order valence-electron chi connectivity index (χ1n) is 6.62. The first-order chi connectivity index (χ1) is 9.43. The van der Waals surface area contributed by atoms with Gasteiger partial charge >= 0.3 is 6.18 Å². The van der Waals surface area contributed by atoms with E-state index in [9.17, 15) is 13.2 Å². The number of nitrogens with zero attached hydrogens (tertiary/aromatic N) is 2. The minimum atomic E-state index is -4.12. The lowest BCUT2D eigenvalue weighted by atomic mass is 9.80. The van der Waals surface area contributed by atoms with Gasteiger partial charge in [0.25, 0.3) is 0 Å². The summed E-state index contributed by atoms with van der Waals surface area (Å²) in [6, 6.07) is 3.39. The second-order valence-electron chi connectivity index (χ2n) is 5.33. The van der Waals surface area contributed by atoms with Crippen LogP contribution in [0.2, 0.25) is 0 Å². The van der Waals surface area contributed by atoms with Gasteiger partial charge in [-0.15, -0.1) is 0 Å². The third kappa shape index (κ3) is 2.44. The van der Waals surface area contributed by atoms with Crippen LogP contribution in [0.15, 0.2) is 12.1 Å². The number of nitrogen functional groups attached to an aromatic ring is 1. The number of fused-ring (bicyclic) bond motifs is 1. The molecule has 108 valence electrons. The van der Waals surface area contributed by atoms with Crippen molar-refractivity contribution in [3.8, 4) is 0 Å². The number of rotatable bonds is 1. The van der Waals surface area contributed by atoms with E-state index in [-0.39, 0.29) is 18.8 Å². The van der Waals surface area contributed by atoms with Crippen molar-refractivity contribution in [2.75, 3.05) is 5.73 Å². The fourth-order valence-corrected chi connectivity index (χ4v) is 2.85. The van der Waals surface area contributed by atoms with Gasteiger partial charge in [-0.1, -0.05) is 6.42 Å². The second kappa shape index (κ2) is 4.64. The molecule has 7 heteroatoms. The molecule has 3 N–H and O–H groups in total. The summed E-state index contributed by atoms with van der Waals surface area (Å²) in [7, 11) is 0. The number of hydrogen-bond donors (Lipinski definition) is 2. The van der Waals surface area contributed by atoms with E-state index in [1.54, 1.807) is 12.1 Å². The Balaban J connectivity index is 1.87. The SMILES string of the molecule is Nc1ccc2[nH]c(C3CCCC(C(F)(F)F)C3)nc2n1. The molecule has 2 heterocycles. The number of halogens is 3. The van der Waals surface area contributed by atoms with Gasteiger partial charge in [-0.2, -0.15) is 13.2 Å². The Morgan fingerprint density at radius 3 is 2.75 bits per heavy atom. The Kier molecular flexibility index (Phi) is 3.07. The van der Waals surface area contributed by atoms with Crippen LogP contribution in [0.3, 0.4) is 0 Å². The lowest BCUT2D eigenvalue weighted by Gasteiger charge is -2.29. The van der Waals surface area contributed by atoms with Crippen LogP contribution in [-0.4, -0.2) is 21.1 Å². The predicted octanol–water partition coefficient (Wildman–Crippen LogP) is 3.38. The minimum absolute atomic E-state index is 0.0960. The molecule has 1 saturated carbocycles. The normalized spacial score (nSPS) is 24.1. The average molecular weight is 284 g/mol. The summed E-state index contributed by atoms with van der Waals surface area (Å²) in [4.78, 5) is 11.4. The van der Waals surface area contributed by atoms with Crippen LogP contribution in [-0.2, 0) is 0 Å². The number of aromatic nitrogens is 3. The summed E-state index contributed by atoms with van der Waals surface area (Å²) in [5, 5.41) is 0. The van der Waals surface area contributed by atoms with E-state index in [0.717, 1.165) is 6.42 Å². The number of pyridine rings is 1. The molecule has 0 spiro atoms. The summed E-state index contributed by atoms with van der Waals surface area (Å²) in [5.74, 6) is -0.474. The summed E-state index contributed by atoms with van der Waals surface area (Å²) >= 11 is 0. The minimum Gasteiger partial charge on any atom is -0.384 e. The molecule has 1 fully saturated rings. The molecule has 2 aromatic rings. The van der Waals surface area contributed by atoms with Crippen LogP contribution in [0, 0.1) is 5.92 Å². The molecule has 0 aromatic carbocycles. The van der Waals surface area contributed by atoms with Crippen molar-refractivity contribution in [3.63, 3.8) is 0 Å². The van der Waals surface area contributed by atoms with Gasteiger partial charge in [-0.05, 0) is 31.4 Å². The molecule has 0 aliphatic heterocycles. The second-order valence-corrected chi connectivity index (χ2v) is 5.33. The van der Waals surface area contributed by atoms with Gasteiger partial charge in [0, 0.05) is 5.92 Å². The maximum absolute atomic E-state index is 12.8. The van der Waals surface area contributed by atoms with E-state index in [0.29, 0.717) is 29.2 Å². The first kappa shape index (κ1) is 13.2. The number of anilines is 1. The largest absolute Gasteiger partial charge is 0.391 e. The Morgan fingerprint density at radius 1 is 1.20 bits per heavy atom. The zero-order valence-corrected chi connectivity index (χ0v) is 10.7. The van der Waals surface area contributed by atoms with Crippen molar-refractivity contribution in [1.29, 1.82) is 0 Å². The van der Waals surface area contributed by atoms with Crippen LogP contribution in [0.5, 0.6) is 0 Å². The molecule has 2 unspecified atom stereocenters. The summed E-state index contributed by atoms with van der Waals surface area (Å²) in [5.41, 5.74) is 6.76. The van der Waals surface area contributed by atoms with E-state index in [2.05, 4.69) is 15.0 Å². The van der Waals surface area contributed by atoms with Gasteiger partial charge in [0.15, 0.2) is 5.65 Å². The van der Waals surface area contributed by atoms with Crippen molar-refractivity contribution in [2.24, 2.45) is 5.92 Å². The van der Waals surface area contributed by atoms with Crippen LogP contribution in [0.1, 0.15) is 37.4 Å². The summed E-state index contributed by atoms with van der Waals surface area (Å²) < 4.78 is 38.5. The van der Waals surface area contributed by atoms with E-state index >= 15 is 0 Å². The van der Waals surface area contributed by atoms with Crippen LogP contribution in [0.25, 0.3) is 11.2 Å². The van der Waals surface area contributed by atoms with Crippen LogP contribution in [0.4, 0.5) is 19.0 Å². The number of H-pyrrole nitrogens is 1. The molecular formula is C13H15F3N4. The zero-order chi connectivity index (χ0) is 14.3. The predicted molar refractivity (Wildman–Crippen MR) is 69.1 cm³/mol. The molecule has 4 nitrogen and oxygen atoms in total. The van der Waals surface area contributed by atoms with Crippen molar-refractivity contribution < 1.29 is 13.2 Å². The topological polar surface area (TPSA) is 67.6 Å². The van der Waals surface area contributed by atoms with Crippen molar-refractivity contribution >= 4 is 17.0 Å². The third-order valence-electron chi connectivity index (χ3n) is 3.91. The number of hydrogen-bond acceptors (Lipinski definition) is 3. The molecule has 0 amide bonds. The van der Waals surface area contributed by atoms with Crippen molar-refractivity contribution in [1.82, 2.24) is 15.0 Å². The molecule has 2 aromatic heterocycles. The number of aromatic amines is 1. The molecule has 0 radical (unpaired) electrons. The van der Waals surface area contributed by atoms with Gasteiger partial charge < -0.3 is 10.7 Å². The highest BCUT2D eigenvalue weighted by Gasteiger charge is 2.42. The third-order valence-corrected chi connectivity index (χ3v) is 3.91. The van der Waals surface area contributed by atoms with Gasteiger partial charge in [0.2, 0.25) is 0 Å². The fourth-order valence-electron chi connectivity index (χ4n) is 2.85. The highest BCUT2D eigenvalue weighted by atomic mass is 19.4. The molecular weight excluding hydrogens is 269 g/mol. The number of nitrogens with one attached hydrogen (secondary N) is 1. The van der Waals surface area contributed by atoms with Crippen LogP contribution >= 0.6 is 0 Å².